The van der Waals surface area contributed by atoms with Crippen molar-refractivity contribution in [3.05, 3.63) is 88.0 Å². The number of halogens is 1. The van der Waals surface area contributed by atoms with Gasteiger partial charge in [-0.2, -0.15) is 0 Å². The molecule has 0 saturated carbocycles. The first kappa shape index (κ1) is 26.1. The monoisotopic (exact) mass is 542 g/mol. The third-order valence-electron chi connectivity index (χ3n) is 8.86. The molecule has 1 N–H and O–H groups in total. The maximum Gasteiger partial charge on any atom is 0.225 e. The fourth-order valence-corrected chi connectivity index (χ4v) is 6.24. The Kier molecular flexibility index (Phi) is 6.96. The van der Waals surface area contributed by atoms with Gasteiger partial charge in [0.2, 0.25) is 5.95 Å². The first-order chi connectivity index (χ1) is 18.8. The number of hydrogen-bond donors (Lipinski definition) is 1. The van der Waals surface area contributed by atoms with E-state index < -0.39 is 0 Å². The number of nitrogens with zero attached hydrogens (tertiary/aromatic N) is 5. The molecule has 0 bridgehead atoms. The van der Waals surface area contributed by atoms with Crippen molar-refractivity contribution in [2.45, 2.75) is 44.8 Å². The maximum absolute atomic E-state index is 7.35. The van der Waals surface area contributed by atoms with Crippen LogP contribution in [0.25, 0.3) is 4.85 Å². The summed E-state index contributed by atoms with van der Waals surface area (Å²) in [5, 5.41) is 3.97. The maximum atomic E-state index is 7.35. The van der Waals surface area contributed by atoms with E-state index in [1.807, 2.05) is 36.5 Å². The van der Waals surface area contributed by atoms with Crippen LogP contribution in [-0.4, -0.2) is 60.2 Å². The molecule has 6 rings (SSSR count). The predicted octanol–water partition coefficient (Wildman–Crippen LogP) is 5.46. The number of aromatic nitrogens is 2. The van der Waals surface area contributed by atoms with Crippen molar-refractivity contribution in [3.8, 4) is 5.75 Å². The minimum atomic E-state index is -0.302. The summed E-state index contributed by atoms with van der Waals surface area (Å²) in [6.07, 6.45) is 4.27. The molecular weight excluding hydrogens is 508 g/mol. The van der Waals surface area contributed by atoms with Crippen molar-refractivity contribution in [3.63, 3.8) is 0 Å². The molecular formula is C31H35ClN6O. The highest BCUT2D eigenvalue weighted by atomic mass is 35.5. The van der Waals surface area contributed by atoms with Gasteiger partial charge in [0.15, 0.2) is 5.69 Å². The quantitative estimate of drug-likeness (QED) is 0.400. The molecule has 3 aromatic rings. The highest BCUT2D eigenvalue weighted by Crippen LogP contribution is 2.42. The standard InChI is InChI=1S/C31H35ClN6O/c1-30(2,23-14-24(32)16-26(15-23)33-3)22-4-6-28(7-5-22)39-19-25-8-11-35-29(36-25)37-12-9-31(10-13-37)20-38(21-31)27-17-34-18-27/h4-8,11,14-16,27,34H,9-10,12-13,17-21H2,1-2H3. The molecule has 0 unspecified atom stereocenters. The normalized spacial score (nSPS) is 19.3. The van der Waals surface area contributed by atoms with Crippen LogP contribution < -0.4 is 15.0 Å². The van der Waals surface area contributed by atoms with Crippen LogP contribution in [0.2, 0.25) is 5.02 Å². The predicted molar refractivity (Wildman–Crippen MR) is 155 cm³/mol. The Balaban J connectivity index is 1.04. The van der Waals surface area contributed by atoms with Gasteiger partial charge >= 0.3 is 0 Å². The van der Waals surface area contributed by atoms with Gasteiger partial charge in [-0.1, -0.05) is 43.6 Å². The smallest absolute Gasteiger partial charge is 0.225 e. The van der Waals surface area contributed by atoms with Crippen LogP contribution in [0.1, 0.15) is 43.5 Å². The van der Waals surface area contributed by atoms with Gasteiger partial charge in [0.1, 0.15) is 12.4 Å². The van der Waals surface area contributed by atoms with Gasteiger partial charge in [0, 0.05) is 61.9 Å². The van der Waals surface area contributed by atoms with Crippen LogP contribution in [0.15, 0.2) is 54.7 Å². The summed E-state index contributed by atoms with van der Waals surface area (Å²) in [6.45, 7) is 18.9. The summed E-state index contributed by atoms with van der Waals surface area (Å²) in [6, 6.07) is 16.4. The van der Waals surface area contributed by atoms with E-state index in [4.69, 9.17) is 27.9 Å². The van der Waals surface area contributed by atoms with Crippen LogP contribution in [0.5, 0.6) is 5.75 Å². The van der Waals surface area contributed by atoms with Crippen molar-refractivity contribution < 1.29 is 4.74 Å². The Morgan fingerprint density at radius 2 is 1.82 bits per heavy atom. The Bertz CT molecular complexity index is 1360. The second-order valence-electron chi connectivity index (χ2n) is 11.8. The summed E-state index contributed by atoms with van der Waals surface area (Å²) < 4.78 is 6.09. The molecule has 3 fully saturated rings. The van der Waals surface area contributed by atoms with E-state index >= 15 is 0 Å². The Labute approximate surface area is 236 Å². The number of piperidine rings is 1. The van der Waals surface area contributed by atoms with Crippen molar-refractivity contribution in [1.82, 2.24) is 20.2 Å². The second-order valence-corrected chi connectivity index (χ2v) is 12.2. The van der Waals surface area contributed by atoms with Crippen LogP contribution >= 0.6 is 11.6 Å². The summed E-state index contributed by atoms with van der Waals surface area (Å²) in [5.41, 5.74) is 3.76. The van der Waals surface area contributed by atoms with Crippen molar-refractivity contribution in [1.29, 1.82) is 0 Å². The molecule has 2 aromatic carbocycles. The van der Waals surface area contributed by atoms with Crippen molar-refractivity contribution in [2.75, 3.05) is 44.2 Å². The number of rotatable bonds is 7. The topological polar surface area (TPSA) is 57.9 Å². The van der Waals surface area contributed by atoms with Crippen LogP contribution in [0.3, 0.4) is 0 Å². The lowest BCUT2D eigenvalue weighted by atomic mass is 9.71. The fourth-order valence-electron chi connectivity index (χ4n) is 6.01. The number of benzene rings is 2. The molecule has 39 heavy (non-hydrogen) atoms. The van der Waals surface area contributed by atoms with E-state index in [9.17, 15) is 0 Å². The number of nitrogens with one attached hydrogen (secondary N) is 1. The molecule has 1 spiro atoms. The van der Waals surface area contributed by atoms with E-state index in [2.05, 4.69) is 50.9 Å². The van der Waals surface area contributed by atoms with Gasteiger partial charge in [-0.15, -0.1) is 0 Å². The molecule has 3 saturated heterocycles. The minimum absolute atomic E-state index is 0.302. The van der Waals surface area contributed by atoms with E-state index in [1.54, 1.807) is 6.07 Å². The molecule has 0 amide bonds. The third-order valence-corrected chi connectivity index (χ3v) is 9.08. The first-order valence-corrected chi connectivity index (χ1v) is 14.1. The van der Waals surface area contributed by atoms with E-state index in [1.165, 1.54) is 25.9 Å². The largest absolute Gasteiger partial charge is 0.487 e. The van der Waals surface area contributed by atoms with Crippen LogP contribution in [0, 0.1) is 12.0 Å². The fraction of sp³-hybridized carbons (Fsp3) is 0.452. The second kappa shape index (κ2) is 10.4. The average Bonchev–Trinajstić information content (AvgIpc) is 2.90. The zero-order valence-corrected chi connectivity index (χ0v) is 23.4. The van der Waals surface area contributed by atoms with E-state index in [0.29, 0.717) is 22.7 Å². The summed E-state index contributed by atoms with van der Waals surface area (Å²) in [7, 11) is 0. The summed E-state index contributed by atoms with van der Waals surface area (Å²) in [5.74, 6) is 1.60. The average molecular weight is 543 g/mol. The molecule has 7 nitrogen and oxygen atoms in total. The van der Waals surface area contributed by atoms with Crippen LogP contribution in [0.4, 0.5) is 11.6 Å². The van der Waals surface area contributed by atoms with Crippen molar-refractivity contribution >= 4 is 23.2 Å². The van der Waals surface area contributed by atoms with Gasteiger partial charge in [0.25, 0.3) is 0 Å². The number of ether oxygens (including phenoxy) is 1. The molecule has 1 aromatic heterocycles. The van der Waals surface area contributed by atoms with Gasteiger partial charge in [0.05, 0.1) is 12.3 Å². The molecule has 202 valence electrons. The Morgan fingerprint density at radius 1 is 1.08 bits per heavy atom. The van der Waals surface area contributed by atoms with Gasteiger partial charge < -0.3 is 15.0 Å². The minimum Gasteiger partial charge on any atom is -0.487 e. The third kappa shape index (κ3) is 5.34. The SMILES string of the molecule is [C-]#[N+]c1cc(Cl)cc(C(C)(C)c2ccc(OCc3ccnc(N4CCC5(CC4)CN(C4CNC4)C5)n3)cc2)c1. The van der Waals surface area contributed by atoms with Gasteiger partial charge in [-0.25, -0.2) is 14.8 Å². The van der Waals surface area contributed by atoms with E-state index in [-0.39, 0.29) is 5.41 Å². The Morgan fingerprint density at radius 3 is 2.49 bits per heavy atom. The first-order valence-electron chi connectivity index (χ1n) is 13.8. The molecule has 8 heteroatoms. The highest BCUT2D eigenvalue weighted by molar-refractivity contribution is 6.31. The Hall–Kier alpha value is -3.18. The highest BCUT2D eigenvalue weighted by Gasteiger charge is 2.48. The number of hydrogen-bond acceptors (Lipinski definition) is 6. The van der Waals surface area contributed by atoms with E-state index in [0.717, 1.165) is 60.7 Å². The number of anilines is 1. The summed E-state index contributed by atoms with van der Waals surface area (Å²) in [4.78, 5) is 17.9. The molecule has 4 heterocycles. The van der Waals surface area contributed by atoms with Gasteiger partial charge in [-0.05, 0) is 59.7 Å². The molecule has 0 atom stereocenters. The number of likely N-dealkylation sites (tertiary alicyclic amines) is 1. The molecule has 0 aliphatic carbocycles. The zero-order valence-electron chi connectivity index (χ0n) is 22.7. The van der Waals surface area contributed by atoms with Gasteiger partial charge in [-0.3, -0.25) is 4.90 Å². The zero-order chi connectivity index (χ0) is 27.0. The lowest BCUT2D eigenvalue weighted by Crippen LogP contribution is -2.69. The lowest BCUT2D eigenvalue weighted by Gasteiger charge is -2.58. The van der Waals surface area contributed by atoms with Crippen LogP contribution in [-0.2, 0) is 12.0 Å². The molecule has 0 radical (unpaired) electrons. The molecule has 3 aliphatic rings. The van der Waals surface area contributed by atoms with Crippen molar-refractivity contribution in [2.24, 2.45) is 5.41 Å². The summed E-state index contributed by atoms with van der Waals surface area (Å²) >= 11 is 6.27. The lowest BCUT2D eigenvalue weighted by molar-refractivity contribution is -0.0592. The molecule has 3 aliphatic heterocycles.